The van der Waals surface area contributed by atoms with Gasteiger partial charge in [0.2, 0.25) is 0 Å². The molecule has 2 aromatic rings. The number of hydrogen-bond acceptors (Lipinski definition) is 2. The molecule has 0 aliphatic heterocycles. The summed E-state index contributed by atoms with van der Waals surface area (Å²) in [6.07, 6.45) is 0. The van der Waals surface area contributed by atoms with E-state index in [1.165, 1.54) is 0 Å². The van der Waals surface area contributed by atoms with E-state index in [0.29, 0.717) is 10.9 Å². The number of hydrogen-bond donors (Lipinski definition) is 1. The predicted molar refractivity (Wildman–Crippen MR) is 83.1 cm³/mol. The van der Waals surface area contributed by atoms with Crippen molar-refractivity contribution in [3.8, 4) is 0 Å². The van der Waals surface area contributed by atoms with Gasteiger partial charge < -0.3 is 5.32 Å². The van der Waals surface area contributed by atoms with Gasteiger partial charge in [0.15, 0.2) is 0 Å². The molecule has 0 saturated heterocycles. The molecule has 1 aromatic heterocycles. The summed E-state index contributed by atoms with van der Waals surface area (Å²) in [5.41, 5.74) is 3.02. The van der Waals surface area contributed by atoms with Crippen LogP contribution >= 0.6 is 34.2 Å². The Labute approximate surface area is 120 Å². The van der Waals surface area contributed by atoms with Crippen LogP contribution in [-0.4, -0.2) is 12.0 Å². The Balaban J connectivity index is 2.82. The number of fused-ring (bicyclic) bond motifs is 1. The van der Waals surface area contributed by atoms with Crippen molar-refractivity contribution < 1.29 is 0 Å². The molecule has 0 unspecified atom stereocenters. The van der Waals surface area contributed by atoms with Gasteiger partial charge in [0, 0.05) is 27.4 Å². The molecule has 90 valence electrons. The van der Waals surface area contributed by atoms with E-state index in [1.807, 2.05) is 13.1 Å². The Hall–Kier alpha value is -0.550. The van der Waals surface area contributed by atoms with Crippen LogP contribution in [0.2, 0.25) is 5.02 Å². The van der Waals surface area contributed by atoms with Crippen LogP contribution in [-0.2, 0) is 0 Å². The van der Waals surface area contributed by atoms with Gasteiger partial charge in [-0.1, -0.05) is 25.4 Å². The topological polar surface area (TPSA) is 24.9 Å². The molecule has 0 radical (unpaired) electrons. The molecule has 1 aromatic carbocycles. The van der Waals surface area contributed by atoms with Crippen molar-refractivity contribution in [2.75, 3.05) is 12.4 Å². The van der Waals surface area contributed by atoms with E-state index in [4.69, 9.17) is 11.6 Å². The molecule has 2 nitrogen and oxygen atoms in total. The van der Waals surface area contributed by atoms with Gasteiger partial charge in [0.05, 0.1) is 10.5 Å². The summed E-state index contributed by atoms with van der Waals surface area (Å²) in [7, 11) is 1.92. The van der Waals surface area contributed by atoms with Gasteiger partial charge in [-0.25, -0.2) is 0 Å². The monoisotopic (exact) mass is 360 g/mol. The van der Waals surface area contributed by atoms with Gasteiger partial charge in [-0.15, -0.1) is 0 Å². The van der Waals surface area contributed by atoms with Crippen molar-refractivity contribution in [3.05, 3.63) is 32.5 Å². The Morgan fingerprint density at radius 2 is 2.00 bits per heavy atom. The molecule has 0 spiro atoms. The minimum absolute atomic E-state index is 0.391. The van der Waals surface area contributed by atoms with Gasteiger partial charge in [-0.2, -0.15) is 0 Å². The highest BCUT2D eigenvalue weighted by molar-refractivity contribution is 14.1. The number of nitrogens with one attached hydrogen (secondary N) is 1. The lowest BCUT2D eigenvalue weighted by atomic mass is 10.1. The third-order valence-corrected chi connectivity index (χ3v) is 3.62. The highest BCUT2D eigenvalue weighted by atomic mass is 127. The zero-order valence-electron chi connectivity index (χ0n) is 10.0. The first-order chi connectivity index (χ1) is 8.02. The van der Waals surface area contributed by atoms with E-state index in [9.17, 15) is 0 Å². The van der Waals surface area contributed by atoms with Crippen molar-refractivity contribution in [3.63, 3.8) is 0 Å². The van der Waals surface area contributed by atoms with Crippen LogP contribution in [0, 0.1) is 3.57 Å². The fourth-order valence-corrected chi connectivity index (χ4v) is 2.84. The molecule has 0 atom stereocenters. The molecule has 0 fully saturated rings. The molecule has 0 saturated carbocycles. The van der Waals surface area contributed by atoms with Crippen molar-refractivity contribution in [1.82, 2.24) is 4.98 Å². The van der Waals surface area contributed by atoms with Gasteiger partial charge in [-0.05, 0) is 46.7 Å². The van der Waals surface area contributed by atoms with E-state index in [-0.39, 0.29) is 0 Å². The third-order valence-electron chi connectivity index (χ3n) is 2.71. The average Bonchev–Trinajstić information content (AvgIpc) is 2.27. The van der Waals surface area contributed by atoms with Crippen molar-refractivity contribution >= 4 is 50.8 Å². The Kier molecular flexibility index (Phi) is 3.78. The standard InChI is InChI=1S/C13H14ClIN2/c1-7(2)11-6-12(16-3)9-4-8(15)5-10(14)13(9)17-11/h4-7H,1-3H3,(H,16,17). The second kappa shape index (κ2) is 4.98. The van der Waals surface area contributed by atoms with Crippen LogP contribution in [0.4, 0.5) is 5.69 Å². The molecule has 4 heteroatoms. The molecule has 17 heavy (non-hydrogen) atoms. The number of rotatable bonds is 2. The largest absolute Gasteiger partial charge is 0.388 e. The lowest BCUT2D eigenvalue weighted by Gasteiger charge is -2.12. The van der Waals surface area contributed by atoms with Crippen molar-refractivity contribution in [1.29, 1.82) is 0 Å². The summed E-state index contributed by atoms with van der Waals surface area (Å²) in [4.78, 5) is 4.65. The summed E-state index contributed by atoms with van der Waals surface area (Å²) >= 11 is 8.54. The lowest BCUT2D eigenvalue weighted by molar-refractivity contribution is 0.830. The van der Waals surface area contributed by atoms with E-state index in [0.717, 1.165) is 25.9 Å². The normalized spacial score (nSPS) is 11.2. The van der Waals surface area contributed by atoms with Crippen LogP contribution in [0.15, 0.2) is 18.2 Å². The van der Waals surface area contributed by atoms with E-state index in [1.54, 1.807) is 0 Å². The zero-order valence-corrected chi connectivity index (χ0v) is 12.9. The van der Waals surface area contributed by atoms with E-state index in [2.05, 4.69) is 58.9 Å². The van der Waals surface area contributed by atoms with Crippen LogP contribution in [0.1, 0.15) is 25.5 Å². The minimum atomic E-state index is 0.391. The molecular formula is C13H14ClIN2. The first-order valence-electron chi connectivity index (χ1n) is 5.50. The summed E-state index contributed by atoms with van der Waals surface area (Å²) < 4.78 is 1.12. The van der Waals surface area contributed by atoms with Crippen molar-refractivity contribution in [2.24, 2.45) is 0 Å². The van der Waals surface area contributed by atoms with Gasteiger partial charge in [0.25, 0.3) is 0 Å². The zero-order chi connectivity index (χ0) is 12.6. The molecule has 0 bridgehead atoms. The maximum atomic E-state index is 6.27. The van der Waals surface area contributed by atoms with Crippen LogP contribution < -0.4 is 5.32 Å². The summed E-state index contributed by atoms with van der Waals surface area (Å²) in [5, 5.41) is 5.01. The summed E-state index contributed by atoms with van der Waals surface area (Å²) in [6.45, 7) is 4.27. The number of pyridine rings is 1. The van der Waals surface area contributed by atoms with Gasteiger partial charge in [0.1, 0.15) is 0 Å². The molecule has 1 N–H and O–H groups in total. The Bertz CT molecular complexity index is 567. The second-order valence-electron chi connectivity index (χ2n) is 4.28. The predicted octanol–water partition coefficient (Wildman–Crippen LogP) is 4.66. The highest BCUT2D eigenvalue weighted by Gasteiger charge is 2.11. The van der Waals surface area contributed by atoms with Crippen LogP contribution in [0.3, 0.4) is 0 Å². The number of nitrogens with zero attached hydrogens (tertiary/aromatic N) is 1. The maximum absolute atomic E-state index is 6.27. The molecular weight excluding hydrogens is 347 g/mol. The van der Waals surface area contributed by atoms with Gasteiger partial charge >= 0.3 is 0 Å². The lowest BCUT2D eigenvalue weighted by Crippen LogP contribution is -1.99. The molecule has 2 rings (SSSR count). The molecule has 0 aliphatic carbocycles. The van der Waals surface area contributed by atoms with Crippen molar-refractivity contribution in [2.45, 2.75) is 19.8 Å². The van der Waals surface area contributed by atoms with Crippen LogP contribution in [0.25, 0.3) is 10.9 Å². The first kappa shape index (κ1) is 12.9. The van der Waals surface area contributed by atoms with Crippen LogP contribution in [0.5, 0.6) is 0 Å². The summed E-state index contributed by atoms with van der Waals surface area (Å²) in [6, 6.07) is 6.14. The minimum Gasteiger partial charge on any atom is -0.388 e. The van der Waals surface area contributed by atoms with E-state index < -0.39 is 0 Å². The van der Waals surface area contributed by atoms with E-state index >= 15 is 0 Å². The molecule has 1 heterocycles. The Morgan fingerprint density at radius 3 is 2.59 bits per heavy atom. The second-order valence-corrected chi connectivity index (χ2v) is 5.94. The number of aromatic nitrogens is 1. The third kappa shape index (κ3) is 2.50. The highest BCUT2D eigenvalue weighted by Crippen LogP contribution is 2.32. The quantitative estimate of drug-likeness (QED) is 0.788. The SMILES string of the molecule is CNc1cc(C(C)C)nc2c(Cl)cc(I)cc12. The number of benzene rings is 1. The molecule has 0 amide bonds. The Morgan fingerprint density at radius 1 is 1.29 bits per heavy atom. The number of halogens is 2. The fraction of sp³-hybridized carbons (Fsp3) is 0.308. The fourth-order valence-electron chi connectivity index (χ4n) is 1.77. The van der Waals surface area contributed by atoms with Gasteiger partial charge in [-0.3, -0.25) is 4.98 Å². The number of anilines is 1. The first-order valence-corrected chi connectivity index (χ1v) is 6.96. The summed E-state index contributed by atoms with van der Waals surface area (Å²) in [5.74, 6) is 0.391. The maximum Gasteiger partial charge on any atom is 0.0913 e. The molecule has 0 aliphatic rings. The average molecular weight is 361 g/mol. The smallest absolute Gasteiger partial charge is 0.0913 e.